The summed E-state index contributed by atoms with van der Waals surface area (Å²) in [5.41, 5.74) is 11.1. The van der Waals surface area contributed by atoms with E-state index in [4.69, 9.17) is 5.73 Å². The number of aryl methyl sites for hydroxylation is 1. The van der Waals surface area contributed by atoms with Gasteiger partial charge in [0.15, 0.2) is 0 Å². The van der Waals surface area contributed by atoms with Crippen LogP contribution in [0.4, 0.5) is 10.1 Å². The fourth-order valence-corrected chi connectivity index (χ4v) is 3.00. The lowest BCUT2D eigenvalue weighted by Gasteiger charge is -2.25. The van der Waals surface area contributed by atoms with Crippen LogP contribution >= 0.6 is 0 Å². The van der Waals surface area contributed by atoms with E-state index in [-0.39, 0.29) is 17.9 Å². The summed E-state index contributed by atoms with van der Waals surface area (Å²) in [6.45, 7) is 4.12. The Hall–Kier alpha value is -2.65. The topological polar surface area (TPSA) is 38.0 Å². The molecule has 25 heavy (non-hydrogen) atoms. The summed E-state index contributed by atoms with van der Waals surface area (Å²) in [6, 6.07) is 23.0. The van der Waals surface area contributed by atoms with Gasteiger partial charge >= 0.3 is 0 Å². The molecule has 0 fully saturated rings. The van der Waals surface area contributed by atoms with Crippen LogP contribution in [-0.4, -0.2) is 0 Å². The summed E-state index contributed by atoms with van der Waals surface area (Å²) in [5.74, 6) is -0.220. The molecule has 3 aromatic rings. The Labute approximate surface area is 148 Å². The van der Waals surface area contributed by atoms with Crippen LogP contribution in [0.3, 0.4) is 0 Å². The highest BCUT2D eigenvalue weighted by molar-refractivity contribution is 5.44. The second-order valence-corrected chi connectivity index (χ2v) is 6.46. The molecular formula is C22H23FN2. The smallest absolute Gasteiger partial charge is 0.123 e. The van der Waals surface area contributed by atoms with Gasteiger partial charge in [0.1, 0.15) is 5.82 Å². The van der Waals surface area contributed by atoms with Crippen LogP contribution in [0.25, 0.3) is 0 Å². The largest absolute Gasteiger partial charge is 0.399 e. The third kappa shape index (κ3) is 4.25. The molecule has 3 aromatic carbocycles. The van der Waals surface area contributed by atoms with Gasteiger partial charge in [-0.3, -0.25) is 5.32 Å². The second-order valence-electron chi connectivity index (χ2n) is 6.46. The predicted octanol–water partition coefficient (Wildman–Crippen LogP) is 5.16. The average Bonchev–Trinajstić information content (AvgIpc) is 2.60. The Balaban J connectivity index is 1.95. The zero-order valence-corrected chi connectivity index (χ0v) is 14.5. The van der Waals surface area contributed by atoms with E-state index in [0.29, 0.717) is 0 Å². The normalized spacial score (nSPS) is 13.4. The number of nitrogens with one attached hydrogen (secondary N) is 1. The van der Waals surface area contributed by atoms with Gasteiger partial charge in [-0.1, -0.05) is 54.1 Å². The van der Waals surface area contributed by atoms with Crippen LogP contribution in [0.15, 0.2) is 72.8 Å². The van der Waals surface area contributed by atoms with E-state index in [1.807, 2.05) is 31.2 Å². The van der Waals surface area contributed by atoms with Crippen molar-refractivity contribution >= 4 is 5.69 Å². The highest BCUT2D eigenvalue weighted by Crippen LogP contribution is 2.27. The third-order valence-corrected chi connectivity index (χ3v) is 4.42. The molecule has 2 nitrogen and oxygen atoms in total. The molecule has 0 aliphatic rings. The van der Waals surface area contributed by atoms with Crippen molar-refractivity contribution in [3.63, 3.8) is 0 Å². The van der Waals surface area contributed by atoms with Crippen LogP contribution in [0.5, 0.6) is 0 Å². The summed E-state index contributed by atoms with van der Waals surface area (Å²) in [7, 11) is 0. The summed E-state index contributed by atoms with van der Waals surface area (Å²) in [6.07, 6.45) is 0. The van der Waals surface area contributed by atoms with E-state index in [9.17, 15) is 4.39 Å². The van der Waals surface area contributed by atoms with Crippen molar-refractivity contribution in [1.82, 2.24) is 5.32 Å². The number of hydrogen-bond donors (Lipinski definition) is 2. The van der Waals surface area contributed by atoms with Crippen molar-refractivity contribution in [3.05, 3.63) is 101 Å². The first kappa shape index (κ1) is 17.2. The first-order valence-electron chi connectivity index (χ1n) is 8.46. The Morgan fingerprint density at radius 1 is 0.840 bits per heavy atom. The van der Waals surface area contributed by atoms with Gasteiger partial charge in [0.2, 0.25) is 0 Å². The lowest BCUT2D eigenvalue weighted by atomic mass is 9.95. The first-order valence-corrected chi connectivity index (χ1v) is 8.46. The maximum atomic E-state index is 13.6. The number of hydrogen-bond acceptors (Lipinski definition) is 2. The van der Waals surface area contributed by atoms with Crippen molar-refractivity contribution < 1.29 is 4.39 Å². The minimum Gasteiger partial charge on any atom is -0.399 e. The molecule has 0 aromatic heterocycles. The van der Waals surface area contributed by atoms with Gasteiger partial charge in [-0.05, 0) is 54.8 Å². The number of anilines is 1. The molecule has 0 aliphatic heterocycles. The first-order chi connectivity index (χ1) is 12.0. The van der Waals surface area contributed by atoms with Crippen molar-refractivity contribution in [3.8, 4) is 0 Å². The Morgan fingerprint density at radius 2 is 1.52 bits per heavy atom. The number of nitrogens with two attached hydrogens (primary N) is 1. The van der Waals surface area contributed by atoms with Gasteiger partial charge in [-0.25, -0.2) is 4.39 Å². The van der Waals surface area contributed by atoms with Gasteiger partial charge in [-0.15, -0.1) is 0 Å². The molecule has 0 radical (unpaired) electrons. The van der Waals surface area contributed by atoms with E-state index in [1.54, 1.807) is 12.1 Å². The van der Waals surface area contributed by atoms with Crippen LogP contribution in [0.2, 0.25) is 0 Å². The molecular weight excluding hydrogens is 311 g/mol. The molecule has 0 aliphatic carbocycles. The molecule has 0 saturated heterocycles. The van der Waals surface area contributed by atoms with E-state index < -0.39 is 0 Å². The fourth-order valence-electron chi connectivity index (χ4n) is 3.00. The predicted molar refractivity (Wildman–Crippen MR) is 102 cm³/mol. The monoisotopic (exact) mass is 334 g/mol. The lowest BCUT2D eigenvalue weighted by Crippen LogP contribution is -2.25. The molecule has 0 amide bonds. The van der Waals surface area contributed by atoms with E-state index in [1.165, 1.54) is 11.6 Å². The van der Waals surface area contributed by atoms with Gasteiger partial charge in [0.05, 0.1) is 6.04 Å². The van der Waals surface area contributed by atoms with Gasteiger partial charge in [-0.2, -0.15) is 0 Å². The number of halogens is 1. The van der Waals surface area contributed by atoms with Gasteiger partial charge < -0.3 is 5.73 Å². The van der Waals surface area contributed by atoms with Crippen molar-refractivity contribution in [2.75, 3.05) is 5.73 Å². The number of rotatable bonds is 5. The molecule has 1 unspecified atom stereocenters. The van der Waals surface area contributed by atoms with Crippen molar-refractivity contribution in [2.24, 2.45) is 0 Å². The standard InChI is InChI=1S/C22H23FN2/c1-15-9-11-17(12-10-15)22(19-6-4-8-21(24)14-19)25-16(2)18-5-3-7-20(23)13-18/h3-14,16,22,25H,24H2,1-2H3/t16-,22?/m1/s1. The lowest BCUT2D eigenvalue weighted by molar-refractivity contribution is 0.513. The average molecular weight is 334 g/mol. The molecule has 2 atom stereocenters. The maximum absolute atomic E-state index is 13.6. The summed E-state index contributed by atoms with van der Waals surface area (Å²) in [5, 5.41) is 3.62. The van der Waals surface area contributed by atoms with Crippen molar-refractivity contribution in [1.29, 1.82) is 0 Å². The molecule has 3 rings (SSSR count). The zero-order valence-electron chi connectivity index (χ0n) is 14.5. The molecule has 0 spiro atoms. The number of benzene rings is 3. The minimum absolute atomic E-state index is 0.0107. The minimum atomic E-state index is -0.220. The molecule has 0 bridgehead atoms. The van der Waals surface area contributed by atoms with E-state index in [2.05, 4.69) is 42.6 Å². The van der Waals surface area contributed by atoms with E-state index in [0.717, 1.165) is 22.4 Å². The van der Waals surface area contributed by atoms with Crippen LogP contribution in [0, 0.1) is 12.7 Å². The van der Waals surface area contributed by atoms with Crippen LogP contribution in [0.1, 0.15) is 41.3 Å². The number of nitrogen functional groups attached to an aromatic ring is 1. The van der Waals surface area contributed by atoms with Crippen LogP contribution in [-0.2, 0) is 0 Å². The van der Waals surface area contributed by atoms with Gasteiger partial charge in [0, 0.05) is 11.7 Å². The second kappa shape index (κ2) is 7.49. The molecule has 3 heteroatoms. The summed E-state index contributed by atoms with van der Waals surface area (Å²) >= 11 is 0. The Morgan fingerprint density at radius 3 is 2.20 bits per heavy atom. The highest BCUT2D eigenvalue weighted by Gasteiger charge is 2.18. The third-order valence-electron chi connectivity index (χ3n) is 4.42. The Kier molecular flexibility index (Phi) is 5.15. The maximum Gasteiger partial charge on any atom is 0.123 e. The molecule has 3 N–H and O–H groups in total. The van der Waals surface area contributed by atoms with Gasteiger partial charge in [0.25, 0.3) is 0 Å². The van der Waals surface area contributed by atoms with E-state index >= 15 is 0 Å². The summed E-state index contributed by atoms with van der Waals surface area (Å²) in [4.78, 5) is 0. The SMILES string of the molecule is Cc1ccc(C(N[C@H](C)c2cccc(F)c2)c2cccc(N)c2)cc1. The molecule has 128 valence electrons. The Bertz CT molecular complexity index is 843. The van der Waals surface area contributed by atoms with Crippen LogP contribution < -0.4 is 11.1 Å². The summed E-state index contributed by atoms with van der Waals surface area (Å²) < 4.78 is 13.6. The quantitative estimate of drug-likeness (QED) is 0.633. The highest BCUT2D eigenvalue weighted by atomic mass is 19.1. The zero-order chi connectivity index (χ0) is 17.8. The molecule has 0 saturated carbocycles. The molecule has 0 heterocycles. The fraction of sp³-hybridized carbons (Fsp3) is 0.182. The van der Waals surface area contributed by atoms with Crippen molar-refractivity contribution in [2.45, 2.75) is 25.9 Å².